The molecule has 0 radical (unpaired) electrons. The van der Waals surface area contributed by atoms with Gasteiger partial charge in [-0.25, -0.2) is 0 Å². The van der Waals surface area contributed by atoms with E-state index in [0.29, 0.717) is 12.1 Å². The van der Waals surface area contributed by atoms with Crippen LogP contribution in [0.1, 0.15) is 67.2 Å². The van der Waals surface area contributed by atoms with Gasteiger partial charge in [-0.1, -0.05) is 65.2 Å². The molecular formula is C20H38Cl2N2Ti-2. The van der Waals surface area contributed by atoms with E-state index >= 15 is 0 Å². The average molecular weight is 425 g/mol. The molecule has 2 fully saturated rings. The molecule has 0 aromatic carbocycles. The molecule has 2 rings (SSSR count). The minimum atomic E-state index is -0.556. The molecule has 0 aromatic rings. The molecule has 4 unspecified atom stereocenters. The molecule has 0 heterocycles. The third-order valence-electron chi connectivity index (χ3n) is 6.21. The summed E-state index contributed by atoms with van der Waals surface area (Å²) in [6, 6.07) is 1.15. The van der Waals surface area contributed by atoms with Crippen molar-refractivity contribution in [2.45, 2.75) is 79.3 Å². The van der Waals surface area contributed by atoms with Crippen molar-refractivity contribution >= 4 is 18.6 Å². The standard InChI is InChI=1S/C20H38N2.2ClH.Ti/c1-13-9-15(3)19(16(4)10-13)21-7-8-22-20-17(5)11-14(2)12-18(20)6;;;/h13-20H,7-12H2,1-6H3;2*1H;/q-2;;;+2/p-2. The fourth-order valence-corrected chi connectivity index (χ4v) is 5.54. The fourth-order valence-electron chi connectivity index (χ4n) is 5.54. The SMILES string of the molecule is CC1CC(C)C([N-]CC[N-]C2C(C)CC(C)CC2C)C(C)C1.[Cl][Ti][Cl]. The van der Waals surface area contributed by atoms with Crippen molar-refractivity contribution in [1.29, 1.82) is 0 Å². The molecule has 2 saturated carbocycles. The van der Waals surface area contributed by atoms with Gasteiger partial charge in [-0.3, -0.25) is 0 Å². The van der Waals surface area contributed by atoms with Gasteiger partial charge in [0.1, 0.15) is 0 Å². The molecule has 0 saturated heterocycles. The second kappa shape index (κ2) is 12.6. The van der Waals surface area contributed by atoms with Crippen molar-refractivity contribution in [2.75, 3.05) is 13.1 Å². The summed E-state index contributed by atoms with van der Waals surface area (Å²) < 4.78 is 0. The van der Waals surface area contributed by atoms with Gasteiger partial charge in [0, 0.05) is 0 Å². The Kier molecular flexibility index (Phi) is 12.3. The van der Waals surface area contributed by atoms with E-state index in [9.17, 15) is 0 Å². The van der Waals surface area contributed by atoms with Crippen molar-refractivity contribution in [3.8, 4) is 0 Å². The first-order valence-electron chi connectivity index (χ1n) is 10.1. The summed E-state index contributed by atoms with van der Waals surface area (Å²) in [7, 11) is 9.78. The quantitative estimate of drug-likeness (QED) is 0.328. The van der Waals surface area contributed by atoms with Gasteiger partial charge in [0.05, 0.1) is 0 Å². The first-order chi connectivity index (χ1) is 11.8. The van der Waals surface area contributed by atoms with Crippen LogP contribution in [0.15, 0.2) is 0 Å². The van der Waals surface area contributed by atoms with E-state index < -0.39 is 17.0 Å². The van der Waals surface area contributed by atoms with Crippen molar-refractivity contribution in [3.63, 3.8) is 0 Å². The Hall–Kier alpha value is 1.21. The number of hydrogen-bond acceptors (Lipinski definition) is 0. The molecule has 0 bridgehead atoms. The van der Waals surface area contributed by atoms with Crippen LogP contribution in [0, 0.1) is 35.5 Å². The Morgan fingerprint density at radius 2 is 0.880 bits per heavy atom. The summed E-state index contributed by atoms with van der Waals surface area (Å²) in [6.07, 6.45) is 5.41. The molecule has 2 aliphatic carbocycles. The second-order valence-electron chi connectivity index (χ2n) is 8.93. The van der Waals surface area contributed by atoms with E-state index in [2.05, 4.69) is 41.5 Å². The van der Waals surface area contributed by atoms with Crippen LogP contribution in [0.25, 0.3) is 10.6 Å². The van der Waals surface area contributed by atoms with Gasteiger partial charge in [-0.15, -0.1) is 12.1 Å². The predicted octanol–water partition coefficient (Wildman–Crippen LogP) is 7.25. The summed E-state index contributed by atoms with van der Waals surface area (Å²) in [4.78, 5) is 0. The third-order valence-corrected chi connectivity index (χ3v) is 6.21. The Morgan fingerprint density at radius 3 is 1.12 bits per heavy atom. The van der Waals surface area contributed by atoms with Crippen LogP contribution >= 0.6 is 18.6 Å². The Labute approximate surface area is 173 Å². The zero-order chi connectivity index (χ0) is 19.0. The first-order valence-corrected chi connectivity index (χ1v) is 14.4. The zero-order valence-corrected chi connectivity index (χ0v) is 20.1. The molecule has 0 spiro atoms. The summed E-state index contributed by atoms with van der Waals surface area (Å²) in [5.74, 6) is 4.79. The monoisotopic (exact) mass is 424 g/mol. The van der Waals surface area contributed by atoms with Crippen LogP contribution in [-0.4, -0.2) is 25.2 Å². The van der Waals surface area contributed by atoms with Crippen LogP contribution in [0.3, 0.4) is 0 Å². The average Bonchev–Trinajstić information content (AvgIpc) is 2.48. The molecule has 5 heteroatoms. The normalized spacial score (nSPS) is 41.6. The summed E-state index contributed by atoms with van der Waals surface area (Å²) in [5.41, 5.74) is 0. The van der Waals surface area contributed by atoms with Gasteiger partial charge in [-0.2, -0.15) is 13.1 Å². The number of halogens is 2. The Bertz CT molecular complexity index is 303. The van der Waals surface area contributed by atoms with E-state index in [0.717, 1.165) is 48.6 Å². The Balaban J connectivity index is 0.000000970. The van der Waals surface area contributed by atoms with Crippen molar-refractivity contribution in [1.82, 2.24) is 0 Å². The van der Waals surface area contributed by atoms with Crippen molar-refractivity contribution in [2.24, 2.45) is 35.5 Å². The van der Waals surface area contributed by atoms with Gasteiger partial charge >= 0.3 is 35.6 Å². The van der Waals surface area contributed by atoms with Gasteiger partial charge in [0.15, 0.2) is 0 Å². The van der Waals surface area contributed by atoms with Crippen molar-refractivity contribution in [3.05, 3.63) is 10.6 Å². The zero-order valence-electron chi connectivity index (χ0n) is 17.0. The third kappa shape index (κ3) is 8.40. The molecule has 0 N–H and O–H groups in total. The van der Waals surface area contributed by atoms with Crippen LogP contribution in [0.4, 0.5) is 0 Å². The number of nitrogens with zero attached hydrogens (tertiary/aromatic N) is 2. The maximum atomic E-state index is 5.04. The molecule has 0 aromatic heterocycles. The molecular weight excluding hydrogens is 387 g/mol. The molecule has 2 nitrogen and oxygen atoms in total. The number of hydrogen-bond donors (Lipinski definition) is 0. The fraction of sp³-hybridized carbons (Fsp3) is 1.00. The molecule has 25 heavy (non-hydrogen) atoms. The van der Waals surface area contributed by atoms with E-state index in [4.69, 9.17) is 29.2 Å². The van der Waals surface area contributed by atoms with Crippen molar-refractivity contribution < 1.29 is 17.0 Å². The van der Waals surface area contributed by atoms with Gasteiger partial charge in [-0.05, 0) is 37.5 Å². The van der Waals surface area contributed by atoms with Gasteiger partial charge < -0.3 is 10.6 Å². The topological polar surface area (TPSA) is 28.2 Å². The van der Waals surface area contributed by atoms with Crippen LogP contribution in [0.2, 0.25) is 0 Å². The van der Waals surface area contributed by atoms with Crippen LogP contribution in [0.5, 0.6) is 0 Å². The Morgan fingerprint density at radius 1 is 0.640 bits per heavy atom. The number of rotatable bonds is 5. The predicted molar refractivity (Wildman–Crippen MR) is 109 cm³/mol. The second-order valence-corrected chi connectivity index (χ2v) is 11.5. The van der Waals surface area contributed by atoms with Gasteiger partial charge in [0.25, 0.3) is 0 Å². The van der Waals surface area contributed by atoms with E-state index in [1.54, 1.807) is 0 Å². The van der Waals surface area contributed by atoms with Crippen LogP contribution in [-0.2, 0) is 17.0 Å². The van der Waals surface area contributed by atoms with E-state index in [1.165, 1.54) is 25.7 Å². The van der Waals surface area contributed by atoms with E-state index in [1.807, 2.05) is 0 Å². The summed E-state index contributed by atoms with van der Waals surface area (Å²) in [5, 5.41) is 10.1. The van der Waals surface area contributed by atoms with Gasteiger partial charge in [0.2, 0.25) is 0 Å². The van der Waals surface area contributed by atoms with Crippen LogP contribution < -0.4 is 0 Å². The molecule has 148 valence electrons. The summed E-state index contributed by atoms with van der Waals surface area (Å²) in [6.45, 7) is 16.2. The minimum absolute atomic E-state index is 0.556. The molecule has 2 aliphatic rings. The molecule has 0 aliphatic heterocycles. The molecule has 0 amide bonds. The summed E-state index contributed by atoms with van der Waals surface area (Å²) >= 11 is -0.556. The maximum absolute atomic E-state index is 5.04. The molecule has 4 atom stereocenters. The van der Waals surface area contributed by atoms with E-state index in [-0.39, 0.29) is 0 Å². The first kappa shape index (κ1) is 24.3.